The highest BCUT2D eigenvalue weighted by atomic mass is 35.5. The predicted molar refractivity (Wildman–Crippen MR) is 77.4 cm³/mol. The quantitative estimate of drug-likeness (QED) is 0.883. The van der Waals surface area contributed by atoms with E-state index >= 15 is 0 Å². The molecule has 1 heterocycles. The summed E-state index contributed by atoms with van der Waals surface area (Å²) in [6, 6.07) is 6.15. The Kier molecular flexibility index (Phi) is 6.39. The molecule has 0 spiro atoms. The lowest BCUT2D eigenvalue weighted by Crippen LogP contribution is -2.49. The Hall–Kier alpha value is -1.17. The van der Waals surface area contributed by atoms with E-state index in [1.54, 1.807) is 12.1 Å². The monoisotopic (exact) mass is 302 g/mol. The van der Waals surface area contributed by atoms with Crippen LogP contribution in [0.2, 0.25) is 0 Å². The molecular weight excluding hydrogens is 283 g/mol. The van der Waals surface area contributed by atoms with Crippen molar-refractivity contribution in [2.24, 2.45) is 5.73 Å². The standard InChI is InChI=1S/C14H19FN2O2.ClH/c15-12-3-1-11(2-4-12)14(5-9-19-10-6-14)13(18)17-8-7-16;/h1-4H,5-10,16H2,(H,17,18);1H. The Bertz CT molecular complexity index is 433. The maximum Gasteiger partial charge on any atom is 0.230 e. The molecular formula is C14H20ClFN2O2. The summed E-state index contributed by atoms with van der Waals surface area (Å²) in [7, 11) is 0. The first kappa shape index (κ1) is 16.9. The Labute approximate surface area is 124 Å². The van der Waals surface area contributed by atoms with Crippen molar-refractivity contribution in [2.45, 2.75) is 18.3 Å². The van der Waals surface area contributed by atoms with Gasteiger partial charge in [0, 0.05) is 26.3 Å². The Morgan fingerprint density at radius 2 is 1.90 bits per heavy atom. The number of hydrogen-bond acceptors (Lipinski definition) is 3. The molecule has 1 saturated heterocycles. The second-order valence-corrected chi connectivity index (χ2v) is 4.75. The third-order valence-electron chi connectivity index (χ3n) is 3.61. The Balaban J connectivity index is 0.00000200. The number of amides is 1. The maximum absolute atomic E-state index is 13.0. The summed E-state index contributed by atoms with van der Waals surface area (Å²) in [5, 5.41) is 2.84. The zero-order valence-corrected chi connectivity index (χ0v) is 12.0. The molecule has 0 aromatic heterocycles. The van der Waals surface area contributed by atoms with Gasteiger partial charge in [0.2, 0.25) is 5.91 Å². The second kappa shape index (κ2) is 7.57. The van der Waals surface area contributed by atoms with E-state index in [0.717, 1.165) is 5.56 Å². The Morgan fingerprint density at radius 1 is 1.30 bits per heavy atom. The van der Waals surface area contributed by atoms with Gasteiger partial charge in [-0.15, -0.1) is 12.4 Å². The van der Waals surface area contributed by atoms with Crippen molar-refractivity contribution in [2.75, 3.05) is 26.3 Å². The number of rotatable bonds is 4. The third kappa shape index (κ3) is 3.48. The SMILES string of the molecule is Cl.NCCNC(=O)C1(c2ccc(F)cc2)CCOCC1. The van der Waals surface area contributed by atoms with Gasteiger partial charge in [0.25, 0.3) is 0 Å². The Morgan fingerprint density at radius 3 is 2.45 bits per heavy atom. The minimum Gasteiger partial charge on any atom is -0.381 e. The molecule has 1 amide bonds. The van der Waals surface area contributed by atoms with Crippen LogP contribution in [0.25, 0.3) is 0 Å². The molecule has 1 aliphatic rings. The van der Waals surface area contributed by atoms with Crippen LogP contribution in [-0.4, -0.2) is 32.2 Å². The van der Waals surface area contributed by atoms with Crippen LogP contribution < -0.4 is 11.1 Å². The van der Waals surface area contributed by atoms with Crippen LogP contribution in [0.1, 0.15) is 18.4 Å². The zero-order valence-electron chi connectivity index (χ0n) is 11.2. The van der Waals surface area contributed by atoms with E-state index in [4.69, 9.17) is 10.5 Å². The summed E-state index contributed by atoms with van der Waals surface area (Å²) in [6.07, 6.45) is 1.21. The van der Waals surface area contributed by atoms with Crippen molar-refractivity contribution in [3.8, 4) is 0 Å². The number of nitrogens with one attached hydrogen (secondary N) is 1. The normalized spacial score (nSPS) is 17.1. The van der Waals surface area contributed by atoms with Gasteiger partial charge in [0.1, 0.15) is 5.82 Å². The number of benzene rings is 1. The van der Waals surface area contributed by atoms with Gasteiger partial charge in [-0.3, -0.25) is 4.79 Å². The number of ether oxygens (including phenoxy) is 1. The van der Waals surface area contributed by atoms with Gasteiger partial charge in [0.05, 0.1) is 5.41 Å². The first-order chi connectivity index (χ1) is 9.19. The van der Waals surface area contributed by atoms with Crippen molar-refractivity contribution in [1.29, 1.82) is 0 Å². The van der Waals surface area contributed by atoms with Gasteiger partial charge in [-0.25, -0.2) is 4.39 Å². The summed E-state index contributed by atoms with van der Waals surface area (Å²) in [4.78, 5) is 12.4. The van der Waals surface area contributed by atoms with Gasteiger partial charge in [0.15, 0.2) is 0 Å². The van der Waals surface area contributed by atoms with Crippen LogP contribution in [0.5, 0.6) is 0 Å². The van der Waals surface area contributed by atoms with Crippen molar-refractivity contribution < 1.29 is 13.9 Å². The molecule has 0 aliphatic carbocycles. The molecule has 3 N–H and O–H groups in total. The summed E-state index contributed by atoms with van der Waals surface area (Å²) >= 11 is 0. The van der Waals surface area contributed by atoms with Gasteiger partial charge in [-0.2, -0.15) is 0 Å². The molecule has 0 radical (unpaired) electrons. The maximum atomic E-state index is 13.0. The van der Waals surface area contributed by atoms with E-state index in [2.05, 4.69) is 5.32 Å². The van der Waals surface area contributed by atoms with Crippen LogP contribution in [0.15, 0.2) is 24.3 Å². The fraction of sp³-hybridized carbons (Fsp3) is 0.500. The molecule has 20 heavy (non-hydrogen) atoms. The van der Waals surface area contributed by atoms with E-state index < -0.39 is 5.41 Å². The fourth-order valence-corrected chi connectivity index (χ4v) is 2.49. The summed E-state index contributed by atoms with van der Waals surface area (Å²) < 4.78 is 18.4. The van der Waals surface area contributed by atoms with E-state index in [1.807, 2.05) is 0 Å². The highest BCUT2D eigenvalue weighted by Gasteiger charge is 2.41. The smallest absolute Gasteiger partial charge is 0.230 e. The molecule has 0 unspecified atom stereocenters. The van der Waals surface area contributed by atoms with Crippen molar-refractivity contribution >= 4 is 18.3 Å². The molecule has 0 atom stereocenters. The lowest BCUT2D eigenvalue weighted by molar-refractivity contribution is -0.130. The highest BCUT2D eigenvalue weighted by Crippen LogP contribution is 2.35. The van der Waals surface area contributed by atoms with Gasteiger partial charge in [-0.05, 0) is 30.5 Å². The summed E-state index contributed by atoms with van der Waals surface area (Å²) in [6.45, 7) is 1.92. The average Bonchev–Trinajstić information content (AvgIpc) is 2.46. The van der Waals surface area contributed by atoms with Crippen molar-refractivity contribution in [3.63, 3.8) is 0 Å². The number of carbonyl (C=O) groups is 1. The second-order valence-electron chi connectivity index (χ2n) is 4.75. The summed E-state index contributed by atoms with van der Waals surface area (Å²) in [5.74, 6) is -0.346. The van der Waals surface area contributed by atoms with Crippen LogP contribution in [0.3, 0.4) is 0 Å². The van der Waals surface area contributed by atoms with Gasteiger partial charge in [-0.1, -0.05) is 12.1 Å². The van der Waals surface area contributed by atoms with Crippen LogP contribution in [0, 0.1) is 5.82 Å². The van der Waals surface area contributed by atoms with E-state index in [9.17, 15) is 9.18 Å². The molecule has 1 aromatic rings. The van der Waals surface area contributed by atoms with E-state index in [1.165, 1.54) is 12.1 Å². The molecule has 1 aromatic carbocycles. The van der Waals surface area contributed by atoms with Crippen LogP contribution >= 0.6 is 12.4 Å². The number of hydrogen-bond donors (Lipinski definition) is 2. The lowest BCUT2D eigenvalue weighted by Gasteiger charge is -2.36. The first-order valence-electron chi connectivity index (χ1n) is 6.51. The lowest BCUT2D eigenvalue weighted by atomic mass is 9.73. The molecule has 0 bridgehead atoms. The predicted octanol–water partition coefficient (Wildman–Crippen LogP) is 1.37. The average molecular weight is 303 g/mol. The number of carbonyl (C=O) groups excluding carboxylic acids is 1. The minimum atomic E-state index is -0.624. The van der Waals surface area contributed by atoms with Crippen LogP contribution in [-0.2, 0) is 14.9 Å². The highest BCUT2D eigenvalue weighted by molar-refractivity contribution is 5.88. The van der Waals surface area contributed by atoms with Crippen molar-refractivity contribution in [1.82, 2.24) is 5.32 Å². The molecule has 1 fully saturated rings. The molecule has 6 heteroatoms. The zero-order chi connectivity index (χ0) is 13.7. The number of nitrogens with two attached hydrogens (primary N) is 1. The topological polar surface area (TPSA) is 64.3 Å². The molecule has 0 saturated carbocycles. The van der Waals surface area contributed by atoms with Crippen molar-refractivity contribution in [3.05, 3.63) is 35.6 Å². The summed E-state index contributed by atoms with van der Waals surface area (Å²) in [5.41, 5.74) is 5.63. The van der Waals surface area contributed by atoms with Crippen LogP contribution in [0.4, 0.5) is 4.39 Å². The first-order valence-corrected chi connectivity index (χ1v) is 6.51. The third-order valence-corrected chi connectivity index (χ3v) is 3.61. The minimum absolute atomic E-state index is 0. The molecule has 4 nitrogen and oxygen atoms in total. The largest absolute Gasteiger partial charge is 0.381 e. The number of halogens is 2. The molecule has 1 aliphatic heterocycles. The van der Waals surface area contributed by atoms with Gasteiger partial charge >= 0.3 is 0 Å². The fourth-order valence-electron chi connectivity index (χ4n) is 2.49. The van der Waals surface area contributed by atoms with E-state index in [0.29, 0.717) is 39.1 Å². The molecule has 2 rings (SSSR count). The van der Waals surface area contributed by atoms with Gasteiger partial charge < -0.3 is 15.8 Å². The van der Waals surface area contributed by atoms with E-state index in [-0.39, 0.29) is 24.1 Å². The molecule has 112 valence electrons.